The second-order valence-electron chi connectivity index (χ2n) is 5.55. The molecular weight excluding hydrogens is 262 g/mol. The van der Waals surface area contributed by atoms with Crippen molar-refractivity contribution in [2.75, 3.05) is 13.2 Å². The third-order valence-corrected chi connectivity index (χ3v) is 3.74. The van der Waals surface area contributed by atoms with E-state index >= 15 is 0 Å². The lowest BCUT2D eigenvalue weighted by Crippen LogP contribution is -2.44. The van der Waals surface area contributed by atoms with Crippen LogP contribution < -0.4 is 5.32 Å². The Morgan fingerprint density at radius 1 is 1.45 bits per heavy atom. The van der Waals surface area contributed by atoms with Gasteiger partial charge in [-0.25, -0.2) is 0 Å². The number of fused-ring (bicyclic) bond motifs is 1. The minimum absolute atomic E-state index is 0.198. The zero-order valence-electron chi connectivity index (χ0n) is 11.5. The van der Waals surface area contributed by atoms with Gasteiger partial charge in [-0.15, -0.1) is 0 Å². The van der Waals surface area contributed by atoms with Crippen LogP contribution in [0.5, 0.6) is 0 Å². The fourth-order valence-electron chi connectivity index (χ4n) is 2.59. The largest absolute Gasteiger partial charge is 0.388 e. The van der Waals surface area contributed by atoms with Crippen LogP contribution in [0.15, 0.2) is 12.4 Å². The second kappa shape index (κ2) is 5.16. The predicted octanol–water partition coefficient (Wildman–Crippen LogP) is -0.279. The summed E-state index contributed by atoms with van der Waals surface area (Å²) in [6, 6.07) is -0.0175. The summed E-state index contributed by atoms with van der Waals surface area (Å²) in [7, 11) is 0. The van der Waals surface area contributed by atoms with Gasteiger partial charge in [0.1, 0.15) is 18.3 Å². The minimum Gasteiger partial charge on any atom is -0.388 e. The highest BCUT2D eigenvalue weighted by Crippen LogP contribution is 2.27. The van der Waals surface area contributed by atoms with E-state index in [-0.39, 0.29) is 36.8 Å². The molecule has 3 rings (SSSR count). The molecule has 2 N–H and O–H groups in total. The molecule has 0 unspecified atom stereocenters. The van der Waals surface area contributed by atoms with Crippen molar-refractivity contribution >= 4 is 5.91 Å². The normalized spacial score (nSPS) is 32.6. The van der Waals surface area contributed by atoms with E-state index in [1.165, 1.54) is 0 Å². The van der Waals surface area contributed by atoms with Gasteiger partial charge in [-0.2, -0.15) is 5.10 Å². The molecule has 1 amide bonds. The molecule has 0 aromatic carbocycles. The number of carbonyl (C=O) groups excluding carboxylic acids is 1. The van der Waals surface area contributed by atoms with Gasteiger partial charge in [-0.3, -0.25) is 9.48 Å². The SMILES string of the molecule is CC(C)n1cc(C(=O)N[C@H]2CO[C@H]3[C@@H]2OC[C@H]3O)cn1. The monoisotopic (exact) mass is 281 g/mol. The smallest absolute Gasteiger partial charge is 0.254 e. The first-order chi connectivity index (χ1) is 9.56. The van der Waals surface area contributed by atoms with Gasteiger partial charge in [0.05, 0.1) is 31.0 Å². The van der Waals surface area contributed by atoms with E-state index in [1.807, 2.05) is 13.8 Å². The first kappa shape index (κ1) is 13.5. The van der Waals surface area contributed by atoms with Crippen molar-refractivity contribution in [1.29, 1.82) is 0 Å². The first-order valence-electron chi connectivity index (χ1n) is 6.82. The maximum atomic E-state index is 12.2. The summed E-state index contributed by atoms with van der Waals surface area (Å²) in [5.74, 6) is -0.198. The zero-order chi connectivity index (χ0) is 14.3. The average Bonchev–Trinajstić information content (AvgIpc) is 3.09. The van der Waals surface area contributed by atoms with E-state index in [0.29, 0.717) is 12.2 Å². The van der Waals surface area contributed by atoms with Crippen LogP contribution in [-0.4, -0.2) is 58.4 Å². The molecule has 0 bridgehead atoms. The molecule has 7 nitrogen and oxygen atoms in total. The van der Waals surface area contributed by atoms with Crippen LogP contribution in [0.1, 0.15) is 30.2 Å². The fourth-order valence-corrected chi connectivity index (χ4v) is 2.59. The number of amides is 1. The Kier molecular flexibility index (Phi) is 3.49. The molecule has 2 aliphatic rings. The number of nitrogens with zero attached hydrogens (tertiary/aromatic N) is 2. The lowest BCUT2D eigenvalue weighted by atomic mass is 10.1. The van der Waals surface area contributed by atoms with Gasteiger partial charge in [-0.1, -0.05) is 0 Å². The Balaban J connectivity index is 1.64. The van der Waals surface area contributed by atoms with Gasteiger partial charge >= 0.3 is 0 Å². The van der Waals surface area contributed by atoms with Crippen molar-refractivity contribution < 1.29 is 19.4 Å². The van der Waals surface area contributed by atoms with Gasteiger partial charge in [0.2, 0.25) is 0 Å². The Bertz CT molecular complexity index is 502. The van der Waals surface area contributed by atoms with E-state index in [9.17, 15) is 9.90 Å². The maximum absolute atomic E-state index is 12.2. The van der Waals surface area contributed by atoms with Crippen LogP contribution in [0.2, 0.25) is 0 Å². The number of aromatic nitrogens is 2. The molecule has 1 aromatic heterocycles. The maximum Gasteiger partial charge on any atom is 0.254 e. The Morgan fingerprint density at radius 3 is 2.90 bits per heavy atom. The third-order valence-electron chi connectivity index (χ3n) is 3.74. The Labute approximate surface area is 116 Å². The average molecular weight is 281 g/mol. The van der Waals surface area contributed by atoms with Gasteiger partial charge in [-0.05, 0) is 13.8 Å². The lowest BCUT2D eigenvalue weighted by molar-refractivity contribution is 0.0178. The van der Waals surface area contributed by atoms with Crippen molar-refractivity contribution in [1.82, 2.24) is 15.1 Å². The predicted molar refractivity (Wildman–Crippen MR) is 69.4 cm³/mol. The summed E-state index contributed by atoms with van der Waals surface area (Å²) in [6.07, 6.45) is 2.06. The Hall–Kier alpha value is -1.44. The highest BCUT2D eigenvalue weighted by Gasteiger charge is 2.47. The van der Waals surface area contributed by atoms with E-state index in [2.05, 4.69) is 10.4 Å². The van der Waals surface area contributed by atoms with Crippen molar-refractivity contribution in [2.45, 2.75) is 44.2 Å². The molecule has 110 valence electrons. The number of hydrogen-bond donors (Lipinski definition) is 2. The molecule has 20 heavy (non-hydrogen) atoms. The topological polar surface area (TPSA) is 85.6 Å². The third kappa shape index (κ3) is 2.32. The van der Waals surface area contributed by atoms with Crippen molar-refractivity contribution in [3.8, 4) is 0 Å². The number of aliphatic hydroxyl groups is 1. The number of carbonyl (C=O) groups is 1. The van der Waals surface area contributed by atoms with Gasteiger partial charge in [0, 0.05) is 12.2 Å². The van der Waals surface area contributed by atoms with Crippen molar-refractivity contribution in [3.63, 3.8) is 0 Å². The summed E-state index contributed by atoms with van der Waals surface area (Å²) >= 11 is 0. The quantitative estimate of drug-likeness (QED) is 0.796. The molecule has 4 atom stereocenters. The molecule has 2 aliphatic heterocycles. The first-order valence-corrected chi connectivity index (χ1v) is 6.82. The van der Waals surface area contributed by atoms with E-state index in [1.54, 1.807) is 17.1 Å². The summed E-state index contributed by atoms with van der Waals surface area (Å²) in [5, 5.41) is 16.7. The van der Waals surface area contributed by atoms with E-state index in [4.69, 9.17) is 9.47 Å². The molecule has 0 radical (unpaired) electrons. The van der Waals surface area contributed by atoms with Gasteiger partial charge in [0.25, 0.3) is 5.91 Å². The number of hydrogen-bond acceptors (Lipinski definition) is 5. The molecule has 1 aromatic rings. The van der Waals surface area contributed by atoms with Crippen LogP contribution in [0.3, 0.4) is 0 Å². The highest BCUT2D eigenvalue weighted by molar-refractivity contribution is 5.94. The zero-order valence-corrected chi connectivity index (χ0v) is 11.5. The number of nitrogens with one attached hydrogen (secondary N) is 1. The van der Waals surface area contributed by atoms with E-state index in [0.717, 1.165) is 0 Å². The second-order valence-corrected chi connectivity index (χ2v) is 5.55. The molecule has 0 aliphatic carbocycles. The molecule has 7 heteroatoms. The molecule has 3 heterocycles. The van der Waals surface area contributed by atoms with Crippen LogP contribution in [0.25, 0.3) is 0 Å². The van der Waals surface area contributed by atoms with E-state index < -0.39 is 6.10 Å². The lowest BCUT2D eigenvalue weighted by Gasteiger charge is -2.16. The molecule has 0 spiro atoms. The van der Waals surface area contributed by atoms with Gasteiger partial charge in [0.15, 0.2) is 0 Å². The van der Waals surface area contributed by atoms with Gasteiger partial charge < -0.3 is 19.9 Å². The van der Waals surface area contributed by atoms with Crippen LogP contribution in [-0.2, 0) is 9.47 Å². The fraction of sp³-hybridized carbons (Fsp3) is 0.692. The summed E-state index contributed by atoms with van der Waals surface area (Å²) in [6.45, 7) is 4.61. The highest BCUT2D eigenvalue weighted by atomic mass is 16.6. The van der Waals surface area contributed by atoms with Crippen molar-refractivity contribution in [3.05, 3.63) is 18.0 Å². The van der Waals surface area contributed by atoms with Crippen LogP contribution in [0, 0.1) is 0 Å². The number of aliphatic hydroxyl groups excluding tert-OH is 1. The van der Waals surface area contributed by atoms with Crippen LogP contribution in [0.4, 0.5) is 0 Å². The molecular formula is C13H19N3O4. The summed E-state index contributed by atoms with van der Waals surface area (Å²) in [5.41, 5.74) is 0.515. The summed E-state index contributed by atoms with van der Waals surface area (Å²) in [4.78, 5) is 12.2. The minimum atomic E-state index is -0.606. The molecule has 2 fully saturated rings. The van der Waals surface area contributed by atoms with Crippen molar-refractivity contribution in [2.24, 2.45) is 0 Å². The molecule has 2 saturated heterocycles. The molecule has 0 saturated carbocycles. The summed E-state index contributed by atoms with van der Waals surface area (Å²) < 4.78 is 12.7. The van der Waals surface area contributed by atoms with Crippen LogP contribution >= 0.6 is 0 Å². The number of ether oxygens (including phenoxy) is 2. The number of rotatable bonds is 3. The Morgan fingerprint density at radius 2 is 2.20 bits per heavy atom. The standard InChI is InChI=1S/C13H19N3O4/c1-7(2)16-4-8(3-14-16)13(18)15-9-5-19-12-10(17)6-20-11(9)12/h3-4,7,9-12,17H,5-6H2,1-2H3,(H,15,18)/t9-,10+,11+,12+/m0/s1.